The van der Waals surface area contributed by atoms with Crippen LogP contribution < -0.4 is 0 Å². The van der Waals surface area contributed by atoms with Gasteiger partial charge in [-0.2, -0.15) is 0 Å². The van der Waals surface area contributed by atoms with Gasteiger partial charge in [-0.25, -0.2) is 14.0 Å². The first-order valence-corrected chi connectivity index (χ1v) is 9.95. The number of halogens is 1. The van der Waals surface area contributed by atoms with Crippen molar-refractivity contribution in [2.75, 3.05) is 20.3 Å². The number of esters is 1. The summed E-state index contributed by atoms with van der Waals surface area (Å²) >= 11 is 0. The number of hydrogen-bond donors (Lipinski definition) is 1. The predicted molar refractivity (Wildman–Crippen MR) is 108 cm³/mol. The number of aliphatic hydroxyl groups excluding tert-OH is 1. The maximum atomic E-state index is 13.4. The summed E-state index contributed by atoms with van der Waals surface area (Å²) in [5, 5.41) is 9.29. The van der Waals surface area contributed by atoms with Crippen LogP contribution in [0.4, 0.5) is 9.18 Å². The molecule has 3 rings (SSSR count). The minimum absolute atomic E-state index is 0.0207. The minimum Gasteiger partial charge on any atom is -0.465 e. The molecule has 0 spiro atoms. The lowest BCUT2D eigenvalue weighted by Gasteiger charge is -2.43. The summed E-state index contributed by atoms with van der Waals surface area (Å²) in [7, 11) is 1.33. The molecule has 1 saturated heterocycles. The quantitative estimate of drug-likeness (QED) is 0.687. The SMILES string of the molecule is COC(=O)c1ccc([C@H](C)N2CCC(CCCO)(c3ccc(F)cc3)OC2=O)cc1. The zero-order valence-electron chi connectivity index (χ0n) is 17.1. The molecular formula is C23H26FNO5. The van der Waals surface area contributed by atoms with E-state index < -0.39 is 17.7 Å². The van der Waals surface area contributed by atoms with Crippen LogP contribution in [0.25, 0.3) is 0 Å². The number of methoxy groups -OCH3 is 1. The van der Waals surface area contributed by atoms with Crippen molar-refractivity contribution in [1.29, 1.82) is 0 Å². The maximum absolute atomic E-state index is 13.4. The van der Waals surface area contributed by atoms with Crippen LogP contribution in [-0.4, -0.2) is 42.3 Å². The van der Waals surface area contributed by atoms with Gasteiger partial charge in [0.2, 0.25) is 0 Å². The molecule has 7 heteroatoms. The summed E-state index contributed by atoms with van der Waals surface area (Å²) in [5.74, 6) is -0.775. The number of amides is 1. The Labute approximate surface area is 175 Å². The van der Waals surface area contributed by atoms with Gasteiger partial charge in [-0.05, 0) is 55.2 Å². The van der Waals surface area contributed by atoms with Gasteiger partial charge in [-0.1, -0.05) is 24.3 Å². The summed E-state index contributed by atoms with van der Waals surface area (Å²) in [6.45, 7) is 2.32. The molecule has 0 radical (unpaired) electrons. The molecule has 1 aliphatic rings. The number of carbonyl (C=O) groups is 2. The van der Waals surface area contributed by atoms with Gasteiger partial charge in [0, 0.05) is 19.6 Å². The second kappa shape index (κ2) is 9.26. The lowest BCUT2D eigenvalue weighted by molar-refractivity contribution is -0.0680. The van der Waals surface area contributed by atoms with E-state index in [1.807, 2.05) is 6.92 Å². The van der Waals surface area contributed by atoms with Crippen LogP contribution in [0.5, 0.6) is 0 Å². The molecule has 1 N–H and O–H groups in total. The molecule has 1 heterocycles. The Kier molecular flexibility index (Phi) is 6.72. The Morgan fingerprint density at radius 3 is 2.47 bits per heavy atom. The second-order valence-corrected chi connectivity index (χ2v) is 7.43. The first kappa shape index (κ1) is 21.8. The standard InChI is InChI=1S/C23H26FNO5/c1-16(17-4-6-18(7-5-17)21(27)29-2)25-14-13-23(12-3-15-26,30-22(25)28)19-8-10-20(24)11-9-19/h4-11,16,26H,3,12-15H2,1-2H3/t16-,23?/m0/s1. The van der Waals surface area contributed by atoms with E-state index in [-0.39, 0.29) is 18.5 Å². The fourth-order valence-corrected chi connectivity index (χ4v) is 3.86. The molecule has 160 valence electrons. The Balaban J connectivity index is 1.78. The second-order valence-electron chi connectivity index (χ2n) is 7.43. The lowest BCUT2D eigenvalue weighted by atomic mass is 9.84. The summed E-state index contributed by atoms with van der Waals surface area (Å²) < 4.78 is 24.0. The third-order valence-corrected chi connectivity index (χ3v) is 5.66. The molecule has 1 aliphatic heterocycles. The van der Waals surface area contributed by atoms with Crippen molar-refractivity contribution < 1.29 is 28.6 Å². The predicted octanol–water partition coefficient (Wildman–Crippen LogP) is 4.18. The summed E-state index contributed by atoms with van der Waals surface area (Å²) in [5.41, 5.74) is 1.14. The zero-order chi connectivity index (χ0) is 21.7. The first-order valence-electron chi connectivity index (χ1n) is 9.95. The third-order valence-electron chi connectivity index (χ3n) is 5.66. The Morgan fingerprint density at radius 1 is 1.23 bits per heavy atom. The van der Waals surface area contributed by atoms with Gasteiger partial charge in [0.1, 0.15) is 11.4 Å². The fraction of sp³-hybridized carbons (Fsp3) is 0.391. The van der Waals surface area contributed by atoms with Crippen molar-refractivity contribution in [2.24, 2.45) is 0 Å². The molecule has 0 aliphatic carbocycles. The smallest absolute Gasteiger partial charge is 0.411 e. The normalized spacial score (nSPS) is 19.9. The van der Waals surface area contributed by atoms with Gasteiger partial charge in [0.25, 0.3) is 0 Å². The fourth-order valence-electron chi connectivity index (χ4n) is 3.86. The molecule has 2 aromatic rings. The summed E-state index contributed by atoms with van der Waals surface area (Å²) in [6, 6.07) is 12.6. The number of aliphatic hydroxyl groups is 1. The van der Waals surface area contributed by atoms with Gasteiger partial charge in [0.05, 0.1) is 18.7 Å². The molecule has 0 bridgehead atoms. The number of hydrogen-bond acceptors (Lipinski definition) is 5. The molecule has 1 amide bonds. The van der Waals surface area contributed by atoms with E-state index >= 15 is 0 Å². The van der Waals surface area contributed by atoms with E-state index in [1.165, 1.54) is 19.2 Å². The Bertz CT molecular complexity index is 883. The van der Waals surface area contributed by atoms with Crippen LogP contribution in [0, 0.1) is 5.82 Å². The van der Waals surface area contributed by atoms with Crippen molar-refractivity contribution in [2.45, 2.75) is 37.8 Å². The number of cyclic esters (lactones) is 1. The largest absolute Gasteiger partial charge is 0.465 e. The number of carbonyl (C=O) groups excluding carboxylic acids is 2. The van der Waals surface area contributed by atoms with E-state index in [2.05, 4.69) is 0 Å². The number of nitrogens with zero attached hydrogens (tertiary/aromatic N) is 1. The van der Waals surface area contributed by atoms with Crippen molar-refractivity contribution in [3.63, 3.8) is 0 Å². The molecular weight excluding hydrogens is 389 g/mol. The topological polar surface area (TPSA) is 76.1 Å². The average Bonchev–Trinajstić information content (AvgIpc) is 2.77. The van der Waals surface area contributed by atoms with Crippen LogP contribution >= 0.6 is 0 Å². The van der Waals surface area contributed by atoms with Gasteiger partial charge >= 0.3 is 12.1 Å². The van der Waals surface area contributed by atoms with Gasteiger partial charge in [0.15, 0.2) is 0 Å². The molecule has 2 atom stereocenters. The molecule has 2 aromatic carbocycles. The van der Waals surface area contributed by atoms with Gasteiger partial charge in [-0.15, -0.1) is 0 Å². The highest BCUT2D eigenvalue weighted by atomic mass is 19.1. The van der Waals surface area contributed by atoms with Crippen molar-refractivity contribution in [1.82, 2.24) is 4.90 Å². The number of benzene rings is 2. The third kappa shape index (κ3) is 4.46. The minimum atomic E-state index is -0.890. The van der Waals surface area contributed by atoms with E-state index in [0.29, 0.717) is 31.4 Å². The van der Waals surface area contributed by atoms with E-state index in [9.17, 15) is 19.1 Å². The maximum Gasteiger partial charge on any atom is 0.411 e. The van der Waals surface area contributed by atoms with E-state index in [0.717, 1.165) is 11.1 Å². The van der Waals surface area contributed by atoms with E-state index in [1.54, 1.807) is 41.3 Å². The lowest BCUT2D eigenvalue weighted by Crippen LogP contribution is -2.48. The summed E-state index contributed by atoms with van der Waals surface area (Å²) in [4.78, 5) is 26.2. The summed E-state index contributed by atoms with van der Waals surface area (Å²) in [6.07, 6.45) is 0.981. The van der Waals surface area contributed by atoms with E-state index in [4.69, 9.17) is 9.47 Å². The van der Waals surface area contributed by atoms with Crippen LogP contribution in [0.3, 0.4) is 0 Å². The number of ether oxygens (including phenoxy) is 2. The average molecular weight is 415 g/mol. The van der Waals surface area contributed by atoms with Crippen LogP contribution in [-0.2, 0) is 15.1 Å². The van der Waals surface area contributed by atoms with Crippen molar-refractivity contribution in [3.8, 4) is 0 Å². The van der Waals surface area contributed by atoms with Crippen LogP contribution in [0.15, 0.2) is 48.5 Å². The molecule has 30 heavy (non-hydrogen) atoms. The Morgan fingerprint density at radius 2 is 1.90 bits per heavy atom. The molecule has 0 saturated carbocycles. The molecule has 1 fully saturated rings. The monoisotopic (exact) mass is 415 g/mol. The van der Waals surface area contributed by atoms with Gasteiger partial charge in [-0.3, -0.25) is 0 Å². The van der Waals surface area contributed by atoms with Crippen LogP contribution in [0.1, 0.15) is 53.7 Å². The highest BCUT2D eigenvalue weighted by Gasteiger charge is 2.43. The van der Waals surface area contributed by atoms with Crippen molar-refractivity contribution >= 4 is 12.1 Å². The number of rotatable bonds is 7. The highest BCUT2D eigenvalue weighted by Crippen LogP contribution is 2.40. The zero-order valence-corrected chi connectivity index (χ0v) is 17.1. The van der Waals surface area contributed by atoms with Gasteiger partial charge < -0.3 is 19.5 Å². The van der Waals surface area contributed by atoms with Crippen LogP contribution in [0.2, 0.25) is 0 Å². The highest BCUT2D eigenvalue weighted by molar-refractivity contribution is 5.89. The Hall–Kier alpha value is -2.93. The first-order chi connectivity index (χ1) is 14.4. The molecule has 6 nitrogen and oxygen atoms in total. The van der Waals surface area contributed by atoms with Crippen molar-refractivity contribution in [3.05, 3.63) is 71.0 Å². The molecule has 0 aromatic heterocycles. The molecule has 1 unspecified atom stereocenters.